The Morgan fingerprint density at radius 3 is 2.80 bits per heavy atom. The molecule has 2 saturated carbocycles. The molecular formula is C23H34O2. The predicted molar refractivity (Wildman–Crippen MR) is 101 cm³/mol. The van der Waals surface area contributed by atoms with Gasteiger partial charge in [0.15, 0.2) is 0 Å². The molecule has 2 nitrogen and oxygen atoms in total. The molecule has 4 aliphatic carbocycles. The Hall–Kier alpha value is -1.05. The molecule has 0 unspecified atom stereocenters. The van der Waals surface area contributed by atoms with Crippen LogP contribution >= 0.6 is 0 Å². The van der Waals surface area contributed by atoms with Crippen LogP contribution < -0.4 is 0 Å². The number of hydrogen-bond donors (Lipinski definition) is 0. The van der Waals surface area contributed by atoms with E-state index in [0.717, 1.165) is 24.2 Å². The summed E-state index contributed by atoms with van der Waals surface area (Å²) in [6.07, 6.45) is 16.8. The minimum Gasteiger partial charge on any atom is -0.466 e. The van der Waals surface area contributed by atoms with Gasteiger partial charge in [-0.25, -0.2) is 0 Å². The van der Waals surface area contributed by atoms with Gasteiger partial charge in [-0.3, -0.25) is 4.79 Å². The van der Waals surface area contributed by atoms with Gasteiger partial charge in [-0.15, -0.1) is 0 Å². The number of allylic oxidation sites excluding steroid dienone is 3. The summed E-state index contributed by atoms with van der Waals surface area (Å²) in [6.45, 7) is 7.16. The summed E-state index contributed by atoms with van der Waals surface area (Å²) in [7, 11) is 0. The fourth-order valence-electron chi connectivity index (χ4n) is 7.10. The van der Waals surface area contributed by atoms with Gasteiger partial charge >= 0.3 is 5.97 Å². The molecule has 4 rings (SSSR count). The molecule has 5 atom stereocenters. The Labute approximate surface area is 153 Å². The van der Waals surface area contributed by atoms with E-state index in [4.69, 9.17) is 4.74 Å². The zero-order chi connectivity index (χ0) is 17.7. The summed E-state index contributed by atoms with van der Waals surface area (Å²) >= 11 is 0. The normalized spacial score (nSPS) is 42.6. The SMILES string of the molecule is CC(=O)OCCC1=CC[C@H]2[C@@H]3CCC4=CCCC[C@]4(C)[C@H]3CC[C@]12C. The van der Waals surface area contributed by atoms with Crippen LogP contribution in [0.4, 0.5) is 0 Å². The molecule has 0 aromatic heterocycles. The van der Waals surface area contributed by atoms with Gasteiger partial charge in [0.1, 0.15) is 0 Å². The second-order valence-electron chi connectivity index (χ2n) is 9.47. The van der Waals surface area contributed by atoms with Crippen LogP contribution in [-0.2, 0) is 9.53 Å². The number of carbonyl (C=O) groups is 1. The summed E-state index contributed by atoms with van der Waals surface area (Å²) in [4.78, 5) is 11.1. The molecule has 25 heavy (non-hydrogen) atoms. The Bertz CT molecular complexity index is 616. The molecule has 4 aliphatic rings. The molecule has 0 radical (unpaired) electrons. The Balaban J connectivity index is 1.52. The van der Waals surface area contributed by atoms with Crippen LogP contribution in [0.15, 0.2) is 23.3 Å². The molecule has 0 heterocycles. The largest absolute Gasteiger partial charge is 0.466 e. The lowest BCUT2D eigenvalue weighted by Crippen LogP contribution is -2.49. The van der Waals surface area contributed by atoms with Crippen molar-refractivity contribution in [1.82, 2.24) is 0 Å². The van der Waals surface area contributed by atoms with Crippen LogP contribution in [0, 0.1) is 28.6 Å². The number of ether oxygens (including phenoxy) is 1. The smallest absolute Gasteiger partial charge is 0.302 e. The molecule has 138 valence electrons. The molecule has 0 aromatic carbocycles. The number of hydrogen-bond acceptors (Lipinski definition) is 2. The summed E-state index contributed by atoms with van der Waals surface area (Å²) in [5.74, 6) is 2.45. The highest BCUT2D eigenvalue weighted by molar-refractivity contribution is 5.65. The van der Waals surface area contributed by atoms with Crippen LogP contribution in [-0.4, -0.2) is 12.6 Å². The Morgan fingerprint density at radius 2 is 2.00 bits per heavy atom. The standard InChI is InChI=1S/C23H34O2/c1-16(24)25-15-12-18-8-10-20-19-9-7-17-6-4-5-13-22(17,2)21(19)11-14-23(18,20)3/h6,8,19-21H,4-5,7,9-15H2,1-3H3/t19-,20-,21-,22-,23+/m0/s1. The molecule has 0 saturated heterocycles. The van der Waals surface area contributed by atoms with Crippen LogP contribution in [0.3, 0.4) is 0 Å². The van der Waals surface area contributed by atoms with Crippen molar-refractivity contribution in [2.24, 2.45) is 28.6 Å². The Kier molecular flexibility index (Phi) is 4.37. The zero-order valence-electron chi connectivity index (χ0n) is 16.3. The molecule has 0 N–H and O–H groups in total. The first-order valence-corrected chi connectivity index (χ1v) is 10.5. The molecule has 0 bridgehead atoms. The van der Waals surface area contributed by atoms with Crippen molar-refractivity contribution in [3.8, 4) is 0 Å². The van der Waals surface area contributed by atoms with Crippen LogP contribution in [0.2, 0.25) is 0 Å². The monoisotopic (exact) mass is 342 g/mol. The minimum atomic E-state index is -0.152. The van der Waals surface area contributed by atoms with Gasteiger partial charge in [-0.1, -0.05) is 37.1 Å². The first-order valence-electron chi connectivity index (χ1n) is 10.5. The quantitative estimate of drug-likeness (QED) is 0.476. The molecule has 2 fully saturated rings. The van der Waals surface area contributed by atoms with Crippen molar-refractivity contribution in [3.63, 3.8) is 0 Å². The van der Waals surface area contributed by atoms with Crippen molar-refractivity contribution < 1.29 is 9.53 Å². The lowest BCUT2D eigenvalue weighted by Gasteiger charge is -2.58. The maximum atomic E-state index is 11.1. The molecule has 0 amide bonds. The van der Waals surface area contributed by atoms with Gasteiger partial charge in [0.25, 0.3) is 0 Å². The highest BCUT2D eigenvalue weighted by Crippen LogP contribution is 2.65. The lowest BCUT2D eigenvalue weighted by atomic mass is 9.47. The number of rotatable bonds is 3. The minimum absolute atomic E-state index is 0.152. The average Bonchev–Trinajstić information content (AvgIpc) is 2.91. The van der Waals surface area contributed by atoms with Crippen LogP contribution in [0.5, 0.6) is 0 Å². The average molecular weight is 343 g/mol. The van der Waals surface area contributed by atoms with Crippen molar-refractivity contribution in [3.05, 3.63) is 23.3 Å². The highest BCUT2D eigenvalue weighted by Gasteiger charge is 2.56. The topological polar surface area (TPSA) is 26.3 Å². The number of carbonyl (C=O) groups excluding carboxylic acids is 1. The maximum Gasteiger partial charge on any atom is 0.302 e. The molecule has 0 spiro atoms. The van der Waals surface area contributed by atoms with E-state index in [1.807, 2.05) is 0 Å². The van der Waals surface area contributed by atoms with Gasteiger partial charge in [0.05, 0.1) is 6.61 Å². The van der Waals surface area contributed by atoms with Gasteiger partial charge in [0, 0.05) is 13.3 Å². The fourth-order valence-corrected chi connectivity index (χ4v) is 7.10. The molecular weight excluding hydrogens is 308 g/mol. The fraction of sp³-hybridized carbons (Fsp3) is 0.783. The van der Waals surface area contributed by atoms with Crippen LogP contribution in [0.1, 0.15) is 78.6 Å². The summed E-state index contributed by atoms with van der Waals surface area (Å²) in [5.41, 5.74) is 4.22. The summed E-state index contributed by atoms with van der Waals surface area (Å²) in [5, 5.41) is 0. The van der Waals surface area contributed by atoms with Crippen molar-refractivity contribution in [2.75, 3.05) is 6.61 Å². The predicted octanol–water partition coefficient (Wildman–Crippen LogP) is 5.83. The first-order chi connectivity index (χ1) is 11.9. The molecule has 2 heteroatoms. The van der Waals surface area contributed by atoms with Gasteiger partial charge in [-0.05, 0) is 80.0 Å². The third-order valence-corrected chi connectivity index (χ3v) is 8.45. The lowest BCUT2D eigenvalue weighted by molar-refractivity contribution is -0.140. The highest BCUT2D eigenvalue weighted by atomic mass is 16.5. The van der Waals surface area contributed by atoms with Gasteiger partial charge in [-0.2, -0.15) is 0 Å². The maximum absolute atomic E-state index is 11.1. The second-order valence-corrected chi connectivity index (χ2v) is 9.47. The number of esters is 1. The van der Waals surface area contributed by atoms with E-state index in [2.05, 4.69) is 26.0 Å². The molecule has 0 aliphatic heterocycles. The number of fused-ring (bicyclic) bond motifs is 5. The van der Waals surface area contributed by atoms with E-state index in [9.17, 15) is 4.79 Å². The Morgan fingerprint density at radius 1 is 1.16 bits per heavy atom. The molecule has 0 aromatic rings. The van der Waals surface area contributed by atoms with E-state index >= 15 is 0 Å². The summed E-state index contributed by atoms with van der Waals surface area (Å²) < 4.78 is 5.23. The first kappa shape index (κ1) is 17.4. The van der Waals surface area contributed by atoms with E-state index in [1.54, 1.807) is 11.1 Å². The summed E-state index contributed by atoms with van der Waals surface area (Å²) in [6, 6.07) is 0. The van der Waals surface area contributed by atoms with Gasteiger partial charge < -0.3 is 4.74 Å². The van der Waals surface area contributed by atoms with E-state index in [1.165, 1.54) is 58.3 Å². The van der Waals surface area contributed by atoms with Crippen LogP contribution in [0.25, 0.3) is 0 Å². The second kappa shape index (κ2) is 6.28. The third kappa shape index (κ3) is 2.71. The van der Waals surface area contributed by atoms with E-state index in [-0.39, 0.29) is 5.97 Å². The van der Waals surface area contributed by atoms with E-state index in [0.29, 0.717) is 17.4 Å². The third-order valence-electron chi connectivity index (χ3n) is 8.45. The van der Waals surface area contributed by atoms with Crippen molar-refractivity contribution in [1.29, 1.82) is 0 Å². The van der Waals surface area contributed by atoms with E-state index < -0.39 is 0 Å². The van der Waals surface area contributed by atoms with Crippen molar-refractivity contribution >= 4 is 5.97 Å². The zero-order valence-corrected chi connectivity index (χ0v) is 16.3. The van der Waals surface area contributed by atoms with Gasteiger partial charge in [0.2, 0.25) is 0 Å². The van der Waals surface area contributed by atoms with Crippen molar-refractivity contribution in [2.45, 2.75) is 78.6 Å².